The summed E-state index contributed by atoms with van der Waals surface area (Å²) < 4.78 is 0. The number of nitrogens with two attached hydrogens (primary N) is 1. The molecule has 0 aromatic rings. The van der Waals surface area contributed by atoms with Crippen LogP contribution in [0.15, 0.2) is 0 Å². The van der Waals surface area contributed by atoms with Gasteiger partial charge in [0.1, 0.15) is 0 Å². The Labute approximate surface area is 75.1 Å². The van der Waals surface area contributed by atoms with Gasteiger partial charge in [0.05, 0.1) is 0 Å². The second-order valence-corrected chi connectivity index (χ2v) is 5.66. The lowest BCUT2D eigenvalue weighted by Gasteiger charge is -2.27. The average Bonchev–Trinajstić information content (AvgIpc) is 2.42. The molecule has 1 aliphatic carbocycles. The minimum atomic E-state index is 0.445. The molecule has 0 radical (unpaired) electrons. The van der Waals surface area contributed by atoms with Crippen molar-refractivity contribution in [1.29, 1.82) is 0 Å². The zero-order chi connectivity index (χ0) is 8.93. The van der Waals surface area contributed by atoms with Crippen LogP contribution in [-0.2, 0) is 0 Å². The number of hydrogen-bond donors (Lipinski definition) is 1. The maximum absolute atomic E-state index is 5.87. The van der Waals surface area contributed by atoms with Gasteiger partial charge in [-0.3, -0.25) is 0 Å². The van der Waals surface area contributed by atoms with Crippen LogP contribution in [0.25, 0.3) is 0 Å². The third kappa shape index (κ3) is 1.50. The molecule has 1 saturated heterocycles. The fraction of sp³-hybridized carbons (Fsp3) is 1.00. The molecule has 0 spiro atoms. The number of nitrogens with zero attached hydrogens (tertiary/aromatic N) is 1. The molecule has 2 atom stereocenters. The standard InChI is InChI=1S/C10H20N2/c1-10(2,3)6-12-4-7-8(5-12)9(7)11/h7-9H,4-6,11H2,1-3H3. The molecule has 70 valence electrons. The summed E-state index contributed by atoms with van der Waals surface area (Å²) in [5, 5.41) is 0. The zero-order valence-electron chi connectivity index (χ0n) is 8.38. The molecule has 0 aromatic heterocycles. The fourth-order valence-electron chi connectivity index (χ4n) is 2.46. The molecular formula is C10H20N2. The molecule has 1 aliphatic heterocycles. The summed E-state index contributed by atoms with van der Waals surface area (Å²) in [5.41, 5.74) is 6.32. The van der Waals surface area contributed by atoms with E-state index in [1.807, 2.05) is 0 Å². The first-order valence-corrected chi connectivity index (χ1v) is 4.95. The zero-order valence-corrected chi connectivity index (χ0v) is 8.38. The average molecular weight is 168 g/mol. The van der Waals surface area contributed by atoms with Crippen LogP contribution < -0.4 is 5.73 Å². The molecule has 0 aromatic carbocycles. The Morgan fingerprint density at radius 1 is 1.25 bits per heavy atom. The topological polar surface area (TPSA) is 29.3 Å². The number of fused-ring (bicyclic) bond motifs is 1. The van der Waals surface area contributed by atoms with Crippen LogP contribution in [-0.4, -0.2) is 30.6 Å². The quantitative estimate of drug-likeness (QED) is 0.631. The summed E-state index contributed by atoms with van der Waals surface area (Å²) in [6.45, 7) is 10.6. The lowest BCUT2D eigenvalue weighted by atomic mass is 9.96. The molecule has 2 rings (SSSR count). The van der Waals surface area contributed by atoms with Gasteiger partial charge in [0.15, 0.2) is 0 Å². The van der Waals surface area contributed by atoms with Crippen LogP contribution in [0.2, 0.25) is 0 Å². The molecule has 0 amide bonds. The van der Waals surface area contributed by atoms with E-state index in [4.69, 9.17) is 5.73 Å². The lowest BCUT2D eigenvalue weighted by molar-refractivity contribution is 0.206. The largest absolute Gasteiger partial charge is 0.327 e. The minimum absolute atomic E-state index is 0.445. The van der Waals surface area contributed by atoms with Crippen molar-refractivity contribution in [3.8, 4) is 0 Å². The Morgan fingerprint density at radius 2 is 1.75 bits per heavy atom. The smallest absolute Gasteiger partial charge is 0.0127 e. The molecule has 2 heteroatoms. The van der Waals surface area contributed by atoms with Gasteiger partial charge in [-0.15, -0.1) is 0 Å². The van der Waals surface area contributed by atoms with Gasteiger partial charge in [-0.05, 0) is 17.3 Å². The van der Waals surface area contributed by atoms with E-state index in [1.165, 1.54) is 19.6 Å². The van der Waals surface area contributed by atoms with Crippen LogP contribution >= 0.6 is 0 Å². The van der Waals surface area contributed by atoms with E-state index in [9.17, 15) is 0 Å². The number of hydrogen-bond acceptors (Lipinski definition) is 2. The highest BCUT2D eigenvalue weighted by molar-refractivity contribution is 5.08. The van der Waals surface area contributed by atoms with E-state index in [0.29, 0.717) is 11.5 Å². The summed E-state index contributed by atoms with van der Waals surface area (Å²) in [5.74, 6) is 1.68. The van der Waals surface area contributed by atoms with E-state index in [0.717, 1.165) is 11.8 Å². The van der Waals surface area contributed by atoms with Gasteiger partial charge in [0.25, 0.3) is 0 Å². The van der Waals surface area contributed by atoms with Gasteiger partial charge < -0.3 is 10.6 Å². The molecule has 1 saturated carbocycles. The summed E-state index contributed by atoms with van der Waals surface area (Å²) in [7, 11) is 0. The molecule has 2 unspecified atom stereocenters. The molecule has 2 aliphatic rings. The molecule has 1 heterocycles. The first kappa shape index (κ1) is 8.52. The fourth-order valence-corrected chi connectivity index (χ4v) is 2.46. The first-order chi connectivity index (χ1) is 5.47. The van der Waals surface area contributed by atoms with Crippen LogP contribution in [0.1, 0.15) is 20.8 Å². The molecule has 12 heavy (non-hydrogen) atoms. The van der Waals surface area contributed by atoms with Crippen LogP contribution in [0.4, 0.5) is 0 Å². The first-order valence-electron chi connectivity index (χ1n) is 4.95. The highest BCUT2D eigenvalue weighted by Gasteiger charge is 2.53. The van der Waals surface area contributed by atoms with Crippen LogP contribution in [0, 0.1) is 17.3 Å². The third-order valence-electron chi connectivity index (χ3n) is 3.03. The van der Waals surface area contributed by atoms with Crippen molar-refractivity contribution < 1.29 is 0 Å². The van der Waals surface area contributed by atoms with E-state index >= 15 is 0 Å². The maximum Gasteiger partial charge on any atom is 0.0127 e. The summed E-state index contributed by atoms with van der Waals surface area (Å²) in [4.78, 5) is 2.57. The predicted molar refractivity (Wildman–Crippen MR) is 50.9 cm³/mol. The van der Waals surface area contributed by atoms with E-state index in [2.05, 4.69) is 25.7 Å². The van der Waals surface area contributed by atoms with E-state index < -0.39 is 0 Å². The van der Waals surface area contributed by atoms with E-state index in [1.54, 1.807) is 0 Å². The van der Waals surface area contributed by atoms with Gasteiger partial charge in [0.2, 0.25) is 0 Å². The molecule has 2 nitrogen and oxygen atoms in total. The normalized spacial score (nSPS) is 41.5. The maximum atomic E-state index is 5.87. The van der Waals surface area contributed by atoms with E-state index in [-0.39, 0.29) is 0 Å². The highest BCUT2D eigenvalue weighted by Crippen LogP contribution is 2.44. The summed E-state index contributed by atoms with van der Waals surface area (Å²) in [6, 6.07) is 0.543. The van der Waals surface area contributed by atoms with Crippen molar-refractivity contribution in [3.63, 3.8) is 0 Å². The van der Waals surface area contributed by atoms with Crippen molar-refractivity contribution in [1.82, 2.24) is 4.90 Å². The van der Waals surface area contributed by atoms with Gasteiger partial charge in [-0.25, -0.2) is 0 Å². The Balaban J connectivity index is 1.80. The second-order valence-electron chi connectivity index (χ2n) is 5.66. The minimum Gasteiger partial charge on any atom is -0.327 e. The number of rotatable bonds is 1. The van der Waals surface area contributed by atoms with Gasteiger partial charge >= 0.3 is 0 Å². The highest BCUT2D eigenvalue weighted by atomic mass is 15.2. The van der Waals surface area contributed by atoms with Crippen molar-refractivity contribution >= 4 is 0 Å². The molecule has 0 bridgehead atoms. The lowest BCUT2D eigenvalue weighted by Crippen LogP contribution is -2.34. The Kier molecular flexibility index (Phi) is 1.74. The van der Waals surface area contributed by atoms with Gasteiger partial charge in [0, 0.05) is 25.7 Å². The van der Waals surface area contributed by atoms with Crippen LogP contribution in [0.5, 0.6) is 0 Å². The predicted octanol–water partition coefficient (Wildman–Crippen LogP) is 0.921. The summed E-state index contributed by atoms with van der Waals surface area (Å²) >= 11 is 0. The Hall–Kier alpha value is -0.0800. The van der Waals surface area contributed by atoms with Crippen molar-refractivity contribution in [2.24, 2.45) is 23.0 Å². The molecule has 2 N–H and O–H groups in total. The van der Waals surface area contributed by atoms with Gasteiger partial charge in [-0.1, -0.05) is 20.8 Å². The molecular weight excluding hydrogens is 148 g/mol. The Bertz CT molecular complexity index is 171. The number of likely N-dealkylation sites (tertiary alicyclic amines) is 1. The summed E-state index contributed by atoms with van der Waals surface area (Å²) in [6.07, 6.45) is 0. The van der Waals surface area contributed by atoms with Crippen molar-refractivity contribution in [2.75, 3.05) is 19.6 Å². The Morgan fingerprint density at radius 3 is 2.17 bits per heavy atom. The van der Waals surface area contributed by atoms with Crippen LogP contribution in [0.3, 0.4) is 0 Å². The van der Waals surface area contributed by atoms with Gasteiger partial charge in [-0.2, -0.15) is 0 Å². The number of piperidine rings is 1. The molecule has 2 fully saturated rings. The van der Waals surface area contributed by atoms with Crippen molar-refractivity contribution in [2.45, 2.75) is 26.8 Å². The SMILES string of the molecule is CC(C)(C)CN1CC2C(N)C2C1. The second kappa shape index (κ2) is 2.46. The monoisotopic (exact) mass is 168 g/mol. The third-order valence-corrected chi connectivity index (χ3v) is 3.03. The van der Waals surface area contributed by atoms with Crippen molar-refractivity contribution in [3.05, 3.63) is 0 Å².